The van der Waals surface area contributed by atoms with E-state index in [4.69, 9.17) is 28.4 Å². The summed E-state index contributed by atoms with van der Waals surface area (Å²) in [5.74, 6) is -26.7. The van der Waals surface area contributed by atoms with Crippen LogP contribution in [0.1, 0.15) is 58.7 Å². The van der Waals surface area contributed by atoms with E-state index in [1.54, 1.807) is 0 Å². The fraction of sp³-hybridized carbons (Fsp3) is 0.167. The summed E-state index contributed by atoms with van der Waals surface area (Å²) in [7, 11) is 0. The molecule has 2 aliphatic rings. The molecule has 0 aliphatic carbocycles. The van der Waals surface area contributed by atoms with E-state index in [1.807, 2.05) is 0 Å². The van der Waals surface area contributed by atoms with Crippen molar-refractivity contribution in [1.82, 2.24) is 0 Å². The van der Waals surface area contributed by atoms with Crippen LogP contribution in [0.4, 0.5) is 0 Å². The average molecular weight is 953 g/mol. The molecule has 2 heterocycles. The van der Waals surface area contributed by atoms with Crippen molar-refractivity contribution in [2.24, 2.45) is 0 Å². The molecule has 0 saturated carbocycles. The third-order valence-corrected chi connectivity index (χ3v) is 10.3. The summed E-state index contributed by atoms with van der Waals surface area (Å²) in [6, 6.07) is 3.86. The van der Waals surface area contributed by atoms with Gasteiger partial charge in [-0.3, -0.25) is 4.79 Å². The highest BCUT2D eigenvalue weighted by Crippen LogP contribution is 2.55. The molecule has 0 spiro atoms. The number of hydrogen-bond acceptors (Lipinski definition) is 26. The number of hydrogen-bond donors (Lipinski definition) is 15. The average Bonchev–Trinajstić information content (AvgIpc) is 3.29. The number of rotatable bonds is 7. The van der Waals surface area contributed by atoms with Crippen LogP contribution in [-0.4, -0.2) is 144 Å². The first-order valence-electron chi connectivity index (χ1n) is 18.9. The minimum Gasteiger partial charge on any atom is -0.504 e. The van der Waals surface area contributed by atoms with Gasteiger partial charge < -0.3 is 105 Å². The molecule has 5 aromatic carbocycles. The smallest absolute Gasteiger partial charge is 0.339 e. The number of carbonyl (C=O) groups is 5. The number of aromatic hydroxyl groups is 14. The minimum absolute atomic E-state index is 0.398. The summed E-state index contributed by atoms with van der Waals surface area (Å²) >= 11 is 0. The first-order chi connectivity index (χ1) is 31.9. The van der Waals surface area contributed by atoms with Crippen LogP contribution < -0.4 is 4.74 Å². The van der Waals surface area contributed by atoms with Gasteiger partial charge in [0, 0.05) is 17.2 Å². The fourth-order valence-corrected chi connectivity index (χ4v) is 6.97. The Morgan fingerprint density at radius 2 is 1.00 bits per heavy atom. The Balaban J connectivity index is 1.39. The molecule has 5 aromatic rings. The van der Waals surface area contributed by atoms with Crippen LogP contribution in [0, 0.1) is 0 Å². The van der Waals surface area contributed by atoms with Gasteiger partial charge in [0.25, 0.3) is 0 Å². The molecule has 3 unspecified atom stereocenters. The lowest BCUT2D eigenvalue weighted by atomic mass is 9.91. The van der Waals surface area contributed by atoms with E-state index in [9.17, 15) is 101 Å². The second kappa shape index (κ2) is 17.2. The molecular weight excluding hydrogens is 920 g/mol. The lowest BCUT2D eigenvalue weighted by Crippen LogP contribution is -2.62. The van der Waals surface area contributed by atoms with Crippen molar-refractivity contribution >= 4 is 29.7 Å². The summed E-state index contributed by atoms with van der Waals surface area (Å²) in [6.45, 7) is -0.296. The van der Waals surface area contributed by atoms with Gasteiger partial charge in [-0.15, -0.1) is 0 Å². The lowest BCUT2D eigenvalue weighted by molar-refractivity contribution is -0.284. The number of ketones is 1. The minimum atomic E-state index is -2.52. The third kappa shape index (κ3) is 8.02. The highest BCUT2D eigenvalue weighted by Gasteiger charge is 2.53. The number of fused-ring (bicyclic) bond motifs is 4. The molecule has 26 nitrogen and oxygen atoms in total. The molecule has 68 heavy (non-hydrogen) atoms. The Bertz CT molecular complexity index is 2950. The molecule has 7 rings (SSSR count). The number of ether oxygens (including phenoxy) is 6. The molecule has 1 saturated heterocycles. The van der Waals surface area contributed by atoms with Crippen LogP contribution in [0.5, 0.6) is 92.0 Å². The van der Waals surface area contributed by atoms with Gasteiger partial charge in [0.2, 0.25) is 23.0 Å². The number of benzene rings is 5. The van der Waals surface area contributed by atoms with Gasteiger partial charge in [0.05, 0.1) is 27.8 Å². The standard InChI is InChI=1S/C42H32O26/c1-10(43)13-6-20(48)29(53)33(57)34(13)64-22-8-15-25(32(56)30(22)54)24-14(7-21(49)28(52)31(24)55)41(61)66-35-23(9-63-40(15)60)65-42(62)37(68-39(59)12-4-18(46)27(51)19(47)5-12)36(35)67-38(58)11-2-16(44)26(50)17(45)3-11/h2-8,23,35-37,42,44-57,62H,9H2,1H3/t23?,35-,36+,37?,42?/m1/s1. The Kier molecular flexibility index (Phi) is 11.8. The molecule has 2 aliphatic heterocycles. The summed E-state index contributed by atoms with van der Waals surface area (Å²) in [6.07, 6.45) is -11.7. The van der Waals surface area contributed by atoms with E-state index < -0.39 is 198 Å². The van der Waals surface area contributed by atoms with E-state index in [1.165, 1.54) is 0 Å². The van der Waals surface area contributed by atoms with Crippen molar-refractivity contribution < 1.29 is 129 Å². The molecule has 26 heteroatoms. The maximum atomic E-state index is 14.4. The van der Waals surface area contributed by atoms with Crippen LogP contribution in [0.2, 0.25) is 0 Å². The highest BCUT2D eigenvalue weighted by molar-refractivity contribution is 6.08. The van der Waals surface area contributed by atoms with Gasteiger partial charge in [0.1, 0.15) is 12.7 Å². The molecular formula is C42H32O26. The van der Waals surface area contributed by atoms with Crippen molar-refractivity contribution in [1.29, 1.82) is 0 Å². The zero-order valence-electron chi connectivity index (χ0n) is 33.8. The molecule has 1 fully saturated rings. The van der Waals surface area contributed by atoms with Gasteiger partial charge in [-0.05, 0) is 43.3 Å². The van der Waals surface area contributed by atoms with Crippen LogP contribution in [0.25, 0.3) is 11.1 Å². The normalized spacial score (nSPS) is 18.9. The molecule has 356 valence electrons. The molecule has 0 radical (unpaired) electrons. The number of aliphatic hydroxyl groups is 1. The van der Waals surface area contributed by atoms with Gasteiger partial charge in [0.15, 0.2) is 99.4 Å². The summed E-state index contributed by atoms with van der Waals surface area (Å²) in [5.41, 5.74) is -6.54. The highest BCUT2D eigenvalue weighted by atomic mass is 16.7. The Morgan fingerprint density at radius 3 is 1.53 bits per heavy atom. The number of phenols is 14. The summed E-state index contributed by atoms with van der Waals surface area (Å²) in [5, 5.41) is 157. The van der Waals surface area contributed by atoms with Crippen LogP contribution in [0.3, 0.4) is 0 Å². The maximum Gasteiger partial charge on any atom is 0.339 e. The zero-order valence-corrected chi connectivity index (χ0v) is 33.8. The fourth-order valence-electron chi connectivity index (χ4n) is 6.97. The van der Waals surface area contributed by atoms with Gasteiger partial charge >= 0.3 is 23.9 Å². The van der Waals surface area contributed by atoms with Gasteiger partial charge in [-0.25, -0.2) is 19.2 Å². The predicted octanol–water partition coefficient (Wildman–Crippen LogP) is 2.09. The van der Waals surface area contributed by atoms with Crippen LogP contribution in [0.15, 0.2) is 42.5 Å². The molecule has 5 atom stereocenters. The number of carbonyl (C=O) groups excluding carboxylic acids is 5. The van der Waals surface area contributed by atoms with Gasteiger partial charge in [-0.1, -0.05) is 0 Å². The monoisotopic (exact) mass is 952 g/mol. The Labute approximate surface area is 375 Å². The van der Waals surface area contributed by atoms with E-state index in [2.05, 4.69) is 0 Å². The molecule has 0 aromatic heterocycles. The predicted molar refractivity (Wildman–Crippen MR) is 213 cm³/mol. The topological polar surface area (TPSA) is 444 Å². The van der Waals surface area contributed by atoms with E-state index >= 15 is 0 Å². The summed E-state index contributed by atoms with van der Waals surface area (Å²) < 4.78 is 32.9. The first-order valence-corrected chi connectivity index (χ1v) is 18.9. The van der Waals surface area contributed by atoms with Crippen molar-refractivity contribution in [2.75, 3.05) is 6.61 Å². The number of Topliss-reactive ketones (excluding diaryl/α,β-unsaturated/α-hetero) is 1. The van der Waals surface area contributed by atoms with Crippen molar-refractivity contribution in [3.05, 3.63) is 70.3 Å². The molecule has 0 amide bonds. The second-order valence-corrected chi connectivity index (χ2v) is 14.6. The van der Waals surface area contributed by atoms with Crippen molar-refractivity contribution in [2.45, 2.75) is 37.6 Å². The van der Waals surface area contributed by atoms with E-state index in [0.717, 1.165) is 6.92 Å². The maximum absolute atomic E-state index is 14.4. The van der Waals surface area contributed by atoms with Gasteiger partial charge in [-0.2, -0.15) is 0 Å². The van der Waals surface area contributed by atoms with E-state index in [-0.39, 0.29) is 0 Å². The lowest BCUT2D eigenvalue weighted by Gasteiger charge is -2.42. The zero-order chi connectivity index (χ0) is 50.0. The number of phenolic OH excluding ortho intramolecular Hbond substituents is 14. The first kappa shape index (κ1) is 46.6. The molecule has 15 N–H and O–H groups in total. The van der Waals surface area contributed by atoms with Crippen LogP contribution in [-0.2, 0) is 23.7 Å². The SMILES string of the molecule is CC(=O)c1cc(O)c(O)c(O)c1Oc1cc2c(c(O)c1O)-c1c(cc(O)c(O)c1O)C(=O)O[C@@H]1C(COC2=O)OC(O)C(OC(=O)c2cc(O)c(O)c(O)c2)[C@H]1OC(=O)c1cc(O)c(O)c(O)c1. The second-order valence-electron chi connectivity index (χ2n) is 14.6. The van der Waals surface area contributed by atoms with E-state index in [0.29, 0.717) is 42.5 Å². The van der Waals surface area contributed by atoms with Crippen molar-refractivity contribution in [3.8, 4) is 103 Å². The Hall–Kier alpha value is -9.43. The van der Waals surface area contributed by atoms with Crippen LogP contribution >= 0.6 is 0 Å². The Morgan fingerprint density at radius 1 is 0.544 bits per heavy atom. The molecule has 0 bridgehead atoms. The number of esters is 4. The number of cyclic esters (lactones) is 1. The quantitative estimate of drug-likeness (QED) is 0.0480. The van der Waals surface area contributed by atoms with Crippen molar-refractivity contribution in [3.63, 3.8) is 0 Å². The largest absolute Gasteiger partial charge is 0.504 e. The number of aliphatic hydroxyl groups excluding tert-OH is 1. The third-order valence-electron chi connectivity index (χ3n) is 10.3. The summed E-state index contributed by atoms with van der Waals surface area (Å²) in [4.78, 5) is 68.2.